The third kappa shape index (κ3) is 4.20. The van der Waals surface area contributed by atoms with Crippen LogP contribution in [0, 0.1) is 0 Å². The Labute approximate surface area is 229 Å². The number of thiophene rings is 4. The first-order chi connectivity index (χ1) is 17.6. The first-order valence-corrected chi connectivity index (χ1v) is 16.5. The van der Waals surface area contributed by atoms with Gasteiger partial charge in [-0.15, -0.1) is 45.3 Å². The van der Waals surface area contributed by atoms with E-state index in [2.05, 4.69) is 38.1 Å². The van der Waals surface area contributed by atoms with E-state index >= 15 is 0 Å². The number of rotatable bonds is 11. The fourth-order valence-electron chi connectivity index (χ4n) is 5.25. The normalized spacial score (nSPS) is 13.4. The van der Waals surface area contributed by atoms with E-state index in [1.807, 2.05) is 0 Å². The summed E-state index contributed by atoms with van der Waals surface area (Å²) in [7, 11) is 0. The van der Waals surface area contributed by atoms with Gasteiger partial charge in [-0.3, -0.25) is 9.59 Å². The van der Waals surface area contributed by atoms with E-state index in [9.17, 15) is 9.59 Å². The third-order valence-electron chi connectivity index (χ3n) is 7.22. The van der Waals surface area contributed by atoms with Crippen LogP contribution in [0.3, 0.4) is 0 Å². The lowest BCUT2D eigenvalue weighted by atomic mass is 10.1. The first-order valence-electron chi connectivity index (χ1n) is 13.2. The smallest absolute Gasteiger partial charge is 0.196 e. The summed E-state index contributed by atoms with van der Waals surface area (Å²) >= 11 is 7.04. The Kier molecular flexibility index (Phi) is 6.89. The highest BCUT2D eigenvalue weighted by Gasteiger charge is 2.35. The lowest BCUT2D eigenvalue weighted by Gasteiger charge is -1.97. The highest BCUT2D eigenvalue weighted by Crippen LogP contribution is 2.53. The van der Waals surface area contributed by atoms with Crippen LogP contribution < -0.4 is 0 Å². The van der Waals surface area contributed by atoms with E-state index in [1.54, 1.807) is 45.3 Å². The summed E-state index contributed by atoms with van der Waals surface area (Å²) in [5.74, 6) is 0.346. The SMILES string of the molecule is CCCCCCc1cc2c(s1)-c1sc(-c3cc4c(s3)-c3sc(CCCCCC)cc3C4=O)cc1C2=O. The molecule has 4 aromatic heterocycles. The zero-order valence-corrected chi connectivity index (χ0v) is 24.1. The predicted molar refractivity (Wildman–Crippen MR) is 157 cm³/mol. The molecule has 0 amide bonds. The Balaban J connectivity index is 1.24. The van der Waals surface area contributed by atoms with E-state index < -0.39 is 0 Å². The number of hydrogen-bond acceptors (Lipinski definition) is 6. The zero-order valence-electron chi connectivity index (χ0n) is 20.8. The van der Waals surface area contributed by atoms with Crippen LogP contribution in [0.5, 0.6) is 0 Å². The van der Waals surface area contributed by atoms with Crippen molar-refractivity contribution in [1.82, 2.24) is 0 Å². The minimum atomic E-state index is 0.173. The summed E-state index contributed by atoms with van der Waals surface area (Å²) in [5, 5.41) is 0. The molecule has 6 rings (SSSR count). The maximum absolute atomic E-state index is 13.2. The van der Waals surface area contributed by atoms with Crippen molar-refractivity contribution in [3.05, 3.63) is 56.3 Å². The molecule has 186 valence electrons. The molecule has 36 heavy (non-hydrogen) atoms. The van der Waals surface area contributed by atoms with Crippen LogP contribution in [0.1, 0.15) is 107 Å². The molecule has 2 nitrogen and oxygen atoms in total. The maximum Gasteiger partial charge on any atom is 0.196 e. The fraction of sp³-hybridized carbons (Fsp3) is 0.400. The molecule has 4 heterocycles. The van der Waals surface area contributed by atoms with Gasteiger partial charge in [-0.1, -0.05) is 52.4 Å². The molecule has 0 fully saturated rings. The van der Waals surface area contributed by atoms with Crippen molar-refractivity contribution in [2.75, 3.05) is 0 Å². The van der Waals surface area contributed by atoms with Crippen molar-refractivity contribution in [2.45, 2.75) is 78.1 Å². The number of fused-ring (bicyclic) bond motifs is 6. The molecule has 0 bridgehead atoms. The quantitative estimate of drug-likeness (QED) is 0.150. The maximum atomic E-state index is 13.2. The number of carbonyl (C=O) groups excluding carboxylic acids is 2. The number of ketones is 2. The standard InChI is InChI=1S/C30H30O2S4/c1-3-5-7-9-11-17-13-19-25(31)21-15-23(35-29(21)27(19)33-17)24-16-22-26(32)20-14-18(12-10-8-6-4-2)34-28(20)30(22)36-24/h13-16H,3-12H2,1-2H3. The van der Waals surface area contributed by atoms with E-state index in [0.29, 0.717) is 0 Å². The molecule has 4 aromatic rings. The van der Waals surface area contributed by atoms with Crippen LogP contribution in [0.4, 0.5) is 0 Å². The number of unbranched alkanes of at least 4 members (excludes halogenated alkanes) is 6. The van der Waals surface area contributed by atoms with Crippen molar-refractivity contribution in [3.8, 4) is 29.3 Å². The molecule has 0 saturated heterocycles. The van der Waals surface area contributed by atoms with E-state index in [1.165, 1.54) is 61.1 Å². The average molecular weight is 551 g/mol. The van der Waals surface area contributed by atoms with Crippen molar-refractivity contribution in [3.63, 3.8) is 0 Å². The lowest BCUT2D eigenvalue weighted by molar-refractivity contribution is 0.103. The summed E-state index contributed by atoms with van der Waals surface area (Å²) in [6.07, 6.45) is 12.1. The highest BCUT2D eigenvalue weighted by molar-refractivity contribution is 7.29. The molecule has 0 atom stereocenters. The first kappa shape index (κ1) is 24.5. The van der Waals surface area contributed by atoms with Gasteiger partial charge in [0.05, 0.1) is 19.5 Å². The molecule has 0 N–H and O–H groups in total. The van der Waals surface area contributed by atoms with Gasteiger partial charge in [0.25, 0.3) is 0 Å². The summed E-state index contributed by atoms with van der Waals surface area (Å²) in [6, 6.07) is 8.40. The van der Waals surface area contributed by atoms with Crippen molar-refractivity contribution in [2.24, 2.45) is 0 Å². The molecular formula is C30H30O2S4. The molecule has 0 saturated carbocycles. The zero-order chi connectivity index (χ0) is 24.8. The van der Waals surface area contributed by atoms with Crippen LogP contribution in [0.25, 0.3) is 29.3 Å². The lowest BCUT2D eigenvalue weighted by Crippen LogP contribution is -1.93. The van der Waals surface area contributed by atoms with E-state index in [0.717, 1.165) is 64.4 Å². The summed E-state index contributed by atoms with van der Waals surface area (Å²) in [5.41, 5.74) is 3.49. The Bertz CT molecular complexity index is 1350. The number of aryl methyl sites for hydroxylation is 2. The Morgan fingerprint density at radius 2 is 0.889 bits per heavy atom. The van der Waals surface area contributed by atoms with Crippen LogP contribution in [-0.2, 0) is 12.8 Å². The van der Waals surface area contributed by atoms with Gasteiger partial charge in [-0.25, -0.2) is 0 Å². The second-order valence-electron chi connectivity index (χ2n) is 9.90. The van der Waals surface area contributed by atoms with E-state index in [-0.39, 0.29) is 11.6 Å². The molecule has 0 aromatic carbocycles. The van der Waals surface area contributed by atoms with Crippen molar-refractivity contribution >= 4 is 56.9 Å². The minimum Gasteiger partial charge on any atom is -0.288 e. The molecule has 0 spiro atoms. The number of hydrogen-bond donors (Lipinski definition) is 0. The van der Waals surface area contributed by atoms with Crippen molar-refractivity contribution < 1.29 is 9.59 Å². The summed E-state index contributed by atoms with van der Waals surface area (Å²) in [6.45, 7) is 4.47. The molecule has 6 heteroatoms. The second kappa shape index (κ2) is 10.1. The van der Waals surface area contributed by atoms with Gasteiger partial charge >= 0.3 is 0 Å². The molecule has 0 aliphatic heterocycles. The van der Waals surface area contributed by atoms with Gasteiger partial charge in [0.1, 0.15) is 0 Å². The van der Waals surface area contributed by atoms with Gasteiger partial charge in [-0.05, 0) is 49.9 Å². The van der Waals surface area contributed by atoms with Crippen LogP contribution >= 0.6 is 45.3 Å². The van der Waals surface area contributed by atoms with Gasteiger partial charge in [-0.2, -0.15) is 0 Å². The van der Waals surface area contributed by atoms with Gasteiger partial charge in [0.15, 0.2) is 11.6 Å². The molecular weight excluding hydrogens is 521 g/mol. The average Bonchev–Trinajstić information content (AvgIpc) is 3.69. The monoisotopic (exact) mass is 550 g/mol. The van der Waals surface area contributed by atoms with E-state index in [4.69, 9.17) is 0 Å². The number of carbonyl (C=O) groups is 2. The molecule has 0 unspecified atom stereocenters. The Morgan fingerprint density at radius 1 is 0.500 bits per heavy atom. The summed E-state index contributed by atoms with van der Waals surface area (Å²) in [4.78, 5) is 35.8. The molecule has 2 aliphatic rings. The van der Waals surface area contributed by atoms with Gasteiger partial charge in [0.2, 0.25) is 0 Å². The fourth-order valence-corrected chi connectivity index (χ4v) is 10.3. The van der Waals surface area contributed by atoms with Gasteiger partial charge < -0.3 is 0 Å². The minimum absolute atomic E-state index is 0.173. The second-order valence-corrected chi connectivity index (χ2v) is 14.3. The highest BCUT2D eigenvalue weighted by atomic mass is 32.1. The summed E-state index contributed by atoms with van der Waals surface area (Å²) < 4.78 is 0. The topological polar surface area (TPSA) is 34.1 Å². The molecule has 0 radical (unpaired) electrons. The van der Waals surface area contributed by atoms with Crippen LogP contribution in [0.2, 0.25) is 0 Å². The largest absolute Gasteiger partial charge is 0.288 e. The third-order valence-corrected chi connectivity index (χ3v) is 12.4. The van der Waals surface area contributed by atoms with Gasteiger partial charge in [0, 0.05) is 41.8 Å². The van der Waals surface area contributed by atoms with Crippen molar-refractivity contribution in [1.29, 1.82) is 0 Å². The van der Waals surface area contributed by atoms with Crippen LogP contribution in [0.15, 0.2) is 24.3 Å². The van der Waals surface area contributed by atoms with Crippen LogP contribution in [-0.4, -0.2) is 11.6 Å². The Morgan fingerprint density at radius 3 is 1.31 bits per heavy atom. The predicted octanol–water partition coefficient (Wildman–Crippen LogP) is 10.3. The Hall–Kier alpha value is -1.86. The molecule has 2 aliphatic carbocycles.